The number of oxazole rings is 1. The maximum absolute atomic E-state index is 10.5. The number of nitro groups is 1. The van der Waals surface area contributed by atoms with Crippen molar-refractivity contribution < 1.29 is 13.8 Å². The number of aromatic nitrogens is 1. The summed E-state index contributed by atoms with van der Waals surface area (Å²) >= 11 is 0. The highest BCUT2D eigenvalue weighted by atomic mass is 16.6. The van der Waals surface area contributed by atoms with Gasteiger partial charge in [0.25, 0.3) is 0 Å². The van der Waals surface area contributed by atoms with Crippen LogP contribution in [0.1, 0.15) is 19.2 Å². The first-order valence-electron chi connectivity index (χ1n) is 6.10. The van der Waals surface area contributed by atoms with Gasteiger partial charge in [0.1, 0.15) is 4.92 Å². The molecule has 0 saturated carbocycles. The summed E-state index contributed by atoms with van der Waals surface area (Å²) in [7, 11) is 0. The zero-order valence-electron chi connectivity index (χ0n) is 10.6. The second-order valence-corrected chi connectivity index (χ2v) is 3.97. The van der Waals surface area contributed by atoms with E-state index in [0.29, 0.717) is 17.4 Å². The van der Waals surface area contributed by atoms with Crippen LogP contribution >= 0.6 is 0 Å². The third kappa shape index (κ3) is 3.41. The quantitative estimate of drug-likeness (QED) is 0.469. The Morgan fingerprint density at radius 2 is 2.21 bits per heavy atom. The van der Waals surface area contributed by atoms with E-state index in [-0.39, 0.29) is 5.88 Å². The van der Waals surface area contributed by atoms with E-state index >= 15 is 0 Å². The van der Waals surface area contributed by atoms with Gasteiger partial charge in [-0.05, 0) is 25.6 Å². The molecule has 0 aliphatic heterocycles. The van der Waals surface area contributed by atoms with Gasteiger partial charge in [-0.15, -0.1) is 0 Å². The average molecular weight is 265 g/mol. The van der Waals surface area contributed by atoms with Crippen LogP contribution < -0.4 is 5.32 Å². The predicted molar refractivity (Wildman–Crippen MR) is 67.7 cm³/mol. The molecule has 102 valence electrons. The first-order chi connectivity index (χ1) is 9.20. The Hall–Kier alpha value is -2.15. The molecule has 0 atom stereocenters. The lowest BCUT2D eigenvalue weighted by molar-refractivity contribution is -0.401. The van der Waals surface area contributed by atoms with Crippen LogP contribution in [0.15, 0.2) is 27.2 Å². The van der Waals surface area contributed by atoms with Crippen molar-refractivity contribution in [1.29, 1.82) is 0 Å². The van der Waals surface area contributed by atoms with Gasteiger partial charge in [-0.2, -0.15) is 0 Å². The highest BCUT2D eigenvalue weighted by Crippen LogP contribution is 2.26. The SMILES string of the molecule is CCNCCCc1ncc(-c2ccc([N+](=O)[O-])o2)o1. The Balaban J connectivity index is 1.97. The van der Waals surface area contributed by atoms with E-state index in [1.165, 1.54) is 18.3 Å². The Kier molecular flexibility index (Phi) is 4.30. The van der Waals surface area contributed by atoms with Gasteiger partial charge in [0.15, 0.2) is 17.4 Å². The second kappa shape index (κ2) is 6.14. The normalized spacial score (nSPS) is 10.8. The van der Waals surface area contributed by atoms with Gasteiger partial charge < -0.3 is 14.2 Å². The van der Waals surface area contributed by atoms with E-state index in [1.807, 2.05) is 6.92 Å². The molecule has 7 nitrogen and oxygen atoms in total. The molecule has 2 aromatic heterocycles. The molecule has 0 spiro atoms. The minimum atomic E-state index is -0.586. The van der Waals surface area contributed by atoms with E-state index in [4.69, 9.17) is 8.83 Å². The largest absolute Gasteiger partial charge is 0.437 e. The molecular weight excluding hydrogens is 250 g/mol. The van der Waals surface area contributed by atoms with Crippen molar-refractivity contribution in [2.75, 3.05) is 13.1 Å². The van der Waals surface area contributed by atoms with Gasteiger partial charge >= 0.3 is 5.88 Å². The number of aryl methyl sites for hydroxylation is 1. The Morgan fingerprint density at radius 3 is 2.89 bits per heavy atom. The smallest absolute Gasteiger partial charge is 0.433 e. The van der Waals surface area contributed by atoms with Crippen LogP contribution in [-0.2, 0) is 6.42 Å². The van der Waals surface area contributed by atoms with E-state index in [9.17, 15) is 10.1 Å². The number of nitrogens with zero attached hydrogens (tertiary/aromatic N) is 2. The van der Waals surface area contributed by atoms with Gasteiger partial charge in [-0.3, -0.25) is 10.1 Å². The van der Waals surface area contributed by atoms with Crippen LogP contribution in [0.3, 0.4) is 0 Å². The van der Waals surface area contributed by atoms with Crippen molar-refractivity contribution in [3.05, 3.63) is 34.3 Å². The fourth-order valence-corrected chi connectivity index (χ4v) is 1.64. The fraction of sp³-hybridized carbons (Fsp3) is 0.417. The van der Waals surface area contributed by atoms with Crippen molar-refractivity contribution in [3.8, 4) is 11.5 Å². The molecule has 1 N–H and O–H groups in total. The van der Waals surface area contributed by atoms with Crippen LogP contribution in [0.4, 0.5) is 5.88 Å². The number of rotatable bonds is 7. The van der Waals surface area contributed by atoms with E-state index < -0.39 is 4.92 Å². The lowest BCUT2D eigenvalue weighted by atomic mass is 10.3. The molecule has 2 heterocycles. The first kappa shape index (κ1) is 13.3. The Labute approximate surface area is 109 Å². The van der Waals surface area contributed by atoms with Gasteiger partial charge in [0, 0.05) is 6.42 Å². The molecule has 7 heteroatoms. The fourth-order valence-electron chi connectivity index (χ4n) is 1.64. The molecule has 0 aromatic carbocycles. The highest BCUT2D eigenvalue weighted by molar-refractivity contribution is 5.50. The summed E-state index contributed by atoms with van der Waals surface area (Å²) < 4.78 is 10.5. The van der Waals surface area contributed by atoms with Crippen molar-refractivity contribution >= 4 is 5.88 Å². The summed E-state index contributed by atoms with van der Waals surface area (Å²) in [6, 6.07) is 2.80. The van der Waals surface area contributed by atoms with Crippen molar-refractivity contribution in [1.82, 2.24) is 10.3 Å². The first-order valence-corrected chi connectivity index (χ1v) is 6.10. The Bertz CT molecular complexity index is 547. The third-order valence-electron chi connectivity index (χ3n) is 2.56. The van der Waals surface area contributed by atoms with Crippen LogP contribution in [0, 0.1) is 10.1 Å². The molecular formula is C12H15N3O4. The third-order valence-corrected chi connectivity index (χ3v) is 2.56. The summed E-state index contributed by atoms with van der Waals surface area (Å²) in [5.41, 5.74) is 0. The van der Waals surface area contributed by atoms with E-state index in [0.717, 1.165) is 25.9 Å². The summed E-state index contributed by atoms with van der Waals surface area (Å²) in [5, 5.41) is 13.7. The highest BCUT2D eigenvalue weighted by Gasteiger charge is 2.16. The molecule has 0 aliphatic rings. The molecule has 0 unspecified atom stereocenters. The molecule has 2 rings (SSSR count). The summed E-state index contributed by atoms with van der Waals surface area (Å²) in [4.78, 5) is 14.0. The summed E-state index contributed by atoms with van der Waals surface area (Å²) in [5.74, 6) is 1.02. The van der Waals surface area contributed by atoms with Crippen molar-refractivity contribution in [2.24, 2.45) is 0 Å². The van der Waals surface area contributed by atoms with Crippen LogP contribution in [-0.4, -0.2) is 23.0 Å². The Morgan fingerprint density at radius 1 is 1.37 bits per heavy atom. The molecule has 0 amide bonds. The summed E-state index contributed by atoms with van der Waals surface area (Å²) in [6.45, 7) is 3.89. The molecule has 0 aliphatic carbocycles. The number of nitrogens with one attached hydrogen (secondary N) is 1. The van der Waals surface area contributed by atoms with Gasteiger partial charge in [0.05, 0.1) is 12.3 Å². The van der Waals surface area contributed by atoms with Gasteiger partial charge in [-0.25, -0.2) is 4.98 Å². The van der Waals surface area contributed by atoms with Gasteiger partial charge in [-0.1, -0.05) is 6.92 Å². The number of furan rings is 1. The number of hydrogen-bond acceptors (Lipinski definition) is 6. The van der Waals surface area contributed by atoms with Crippen molar-refractivity contribution in [2.45, 2.75) is 19.8 Å². The minimum Gasteiger partial charge on any atom is -0.437 e. The zero-order chi connectivity index (χ0) is 13.7. The van der Waals surface area contributed by atoms with Crippen LogP contribution in [0.5, 0.6) is 0 Å². The zero-order valence-corrected chi connectivity index (χ0v) is 10.6. The lowest BCUT2D eigenvalue weighted by Crippen LogP contribution is -2.14. The minimum absolute atomic E-state index is 0.305. The monoisotopic (exact) mass is 265 g/mol. The lowest BCUT2D eigenvalue weighted by Gasteiger charge is -1.98. The van der Waals surface area contributed by atoms with Gasteiger partial charge in [0.2, 0.25) is 0 Å². The molecule has 0 fully saturated rings. The maximum Gasteiger partial charge on any atom is 0.433 e. The topological polar surface area (TPSA) is 94.3 Å². The van der Waals surface area contributed by atoms with E-state index in [2.05, 4.69) is 10.3 Å². The molecule has 2 aromatic rings. The standard InChI is InChI=1S/C12H15N3O4/c1-2-13-7-3-4-11-14-8-10(18-11)9-5-6-12(19-9)15(16)17/h5-6,8,13H,2-4,7H2,1H3. The molecule has 19 heavy (non-hydrogen) atoms. The average Bonchev–Trinajstić information content (AvgIpc) is 3.03. The molecule has 0 bridgehead atoms. The van der Waals surface area contributed by atoms with Crippen LogP contribution in [0.25, 0.3) is 11.5 Å². The second-order valence-electron chi connectivity index (χ2n) is 3.97. The summed E-state index contributed by atoms with van der Waals surface area (Å²) in [6.07, 6.45) is 3.16. The molecule has 0 radical (unpaired) electrons. The molecule has 0 saturated heterocycles. The van der Waals surface area contributed by atoms with Crippen molar-refractivity contribution in [3.63, 3.8) is 0 Å². The predicted octanol–water partition coefficient (Wildman–Crippen LogP) is 2.38. The van der Waals surface area contributed by atoms with E-state index in [1.54, 1.807) is 0 Å². The maximum atomic E-state index is 10.5. The van der Waals surface area contributed by atoms with Crippen LogP contribution in [0.2, 0.25) is 0 Å². The number of hydrogen-bond donors (Lipinski definition) is 1.